The van der Waals surface area contributed by atoms with E-state index in [-0.39, 0.29) is 11.6 Å². The van der Waals surface area contributed by atoms with Crippen LogP contribution in [0.5, 0.6) is 17.2 Å². The van der Waals surface area contributed by atoms with E-state index in [2.05, 4.69) is 26.7 Å². The van der Waals surface area contributed by atoms with E-state index in [0.29, 0.717) is 33.8 Å². The summed E-state index contributed by atoms with van der Waals surface area (Å²) in [6, 6.07) is 4.96. The number of nitrogens with one attached hydrogen (secondary N) is 1. The summed E-state index contributed by atoms with van der Waals surface area (Å²) in [5, 5.41) is 0.342. The van der Waals surface area contributed by atoms with E-state index in [9.17, 15) is 4.39 Å². The second-order valence-corrected chi connectivity index (χ2v) is 5.66. The van der Waals surface area contributed by atoms with Crippen molar-refractivity contribution in [1.82, 2.24) is 9.97 Å². The average Bonchev–Trinajstić information content (AvgIpc) is 3.07. The van der Waals surface area contributed by atoms with Crippen molar-refractivity contribution in [2.45, 2.75) is 6.92 Å². The average molecular weight is 370 g/mol. The van der Waals surface area contributed by atoms with Gasteiger partial charge in [0.2, 0.25) is 5.90 Å². The van der Waals surface area contributed by atoms with Gasteiger partial charge in [-0.15, -0.1) is 0 Å². The van der Waals surface area contributed by atoms with Crippen molar-refractivity contribution in [2.24, 2.45) is 9.98 Å². The van der Waals surface area contributed by atoms with Crippen LogP contribution >= 0.6 is 0 Å². The predicted octanol–water partition coefficient (Wildman–Crippen LogP) is 3.82. The normalized spacial score (nSPS) is 11.5. The maximum atomic E-state index is 14.8. The zero-order valence-electron chi connectivity index (χ0n) is 15.5. The number of aryl methyl sites for hydroxylation is 1. The van der Waals surface area contributed by atoms with Gasteiger partial charge in [0, 0.05) is 18.8 Å². The van der Waals surface area contributed by atoms with Crippen molar-refractivity contribution in [3.63, 3.8) is 0 Å². The Morgan fingerprint density at radius 2 is 1.85 bits per heavy atom. The molecular formula is C19H19FN4O3. The summed E-state index contributed by atoms with van der Waals surface area (Å²) in [4.78, 5) is 15.3. The maximum absolute atomic E-state index is 14.8. The molecule has 1 N–H and O–H groups in total. The molecule has 0 amide bonds. The van der Waals surface area contributed by atoms with Crippen LogP contribution in [0.25, 0.3) is 11.0 Å². The molecule has 0 radical (unpaired) electrons. The minimum Gasteiger partial charge on any atom is -0.493 e. The summed E-state index contributed by atoms with van der Waals surface area (Å²) in [5.74, 6) is 0.507. The third-order valence-corrected chi connectivity index (χ3v) is 4.01. The molecule has 0 aliphatic carbocycles. The van der Waals surface area contributed by atoms with Crippen LogP contribution in [0.1, 0.15) is 11.3 Å². The fourth-order valence-corrected chi connectivity index (χ4v) is 2.72. The van der Waals surface area contributed by atoms with Gasteiger partial charge in [-0.25, -0.2) is 9.37 Å². The van der Waals surface area contributed by atoms with Crippen LogP contribution in [0, 0.1) is 12.7 Å². The maximum Gasteiger partial charge on any atom is 0.224 e. The molecule has 8 heteroatoms. The van der Waals surface area contributed by atoms with E-state index in [0.717, 1.165) is 5.69 Å². The highest BCUT2D eigenvalue weighted by Gasteiger charge is 2.19. The Bertz CT molecular complexity index is 1040. The quantitative estimate of drug-likeness (QED) is 0.547. The van der Waals surface area contributed by atoms with Crippen LogP contribution < -0.4 is 14.2 Å². The van der Waals surface area contributed by atoms with Crippen LogP contribution in [0.2, 0.25) is 0 Å². The molecule has 1 aromatic carbocycles. The Kier molecular flexibility index (Phi) is 5.07. The molecule has 2 aromatic heterocycles. The van der Waals surface area contributed by atoms with Gasteiger partial charge in [-0.2, -0.15) is 0 Å². The fourth-order valence-electron chi connectivity index (χ4n) is 2.72. The van der Waals surface area contributed by atoms with Gasteiger partial charge in [-0.3, -0.25) is 9.98 Å². The minimum atomic E-state index is -0.529. The van der Waals surface area contributed by atoms with Crippen molar-refractivity contribution in [3.05, 3.63) is 41.5 Å². The van der Waals surface area contributed by atoms with Crippen molar-refractivity contribution < 1.29 is 18.6 Å². The van der Waals surface area contributed by atoms with Gasteiger partial charge in [0.25, 0.3) is 0 Å². The van der Waals surface area contributed by atoms with Crippen molar-refractivity contribution in [2.75, 3.05) is 21.3 Å². The molecule has 0 aliphatic rings. The predicted molar refractivity (Wildman–Crippen MR) is 103 cm³/mol. The number of ether oxygens (including phenoxy) is 3. The standard InChI is InChI=1S/C19H19FN4O3/c1-10-6-12-17(20)16(9-23-18(12)24-10)27-19(22-3)11-7-14(25-4)15(26-5)8-13(11)21-2/h6-9H,2H2,1,3-5H3,(H,23,24). The van der Waals surface area contributed by atoms with Crippen molar-refractivity contribution in [3.8, 4) is 17.2 Å². The molecule has 27 heavy (non-hydrogen) atoms. The van der Waals surface area contributed by atoms with Crippen LogP contribution in [-0.2, 0) is 0 Å². The summed E-state index contributed by atoms with van der Waals surface area (Å²) < 4.78 is 31.1. The second-order valence-electron chi connectivity index (χ2n) is 5.66. The number of aliphatic imine (C=N–C) groups is 2. The van der Waals surface area contributed by atoms with Gasteiger partial charge in [-0.05, 0) is 25.8 Å². The van der Waals surface area contributed by atoms with Gasteiger partial charge >= 0.3 is 0 Å². The van der Waals surface area contributed by atoms with Crippen molar-refractivity contribution in [1.29, 1.82) is 0 Å². The molecular weight excluding hydrogens is 351 g/mol. The lowest BCUT2D eigenvalue weighted by Gasteiger charge is -2.14. The summed E-state index contributed by atoms with van der Waals surface area (Å²) in [6.07, 6.45) is 1.31. The molecule has 7 nitrogen and oxygen atoms in total. The Hall–Kier alpha value is -3.42. The van der Waals surface area contributed by atoms with E-state index in [4.69, 9.17) is 14.2 Å². The molecule has 0 saturated carbocycles. The zero-order valence-corrected chi connectivity index (χ0v) is 15.5. The first-order valence-electron chi connectivity index (χ1n) is 8.04. The molecule has 3 rings (SSSR count). The van der Waals surface area contributed by atoms with E-state index < -0.39 is 5.82 Å². The molecule has 140 valence electrons. The molecule has 0 spiro atoms. The first-order chi connectivity index (χ1) is 13.0. The Morgan fingerprint density at radius 3 is 2.48 bits per heavy atom. The number of benzene rings is 1. The van der Waals surface area contributed by atoms with E-state index in [1.807, 2.05) is 6.92 Å². The van der Waals surface area contributed by atoms with Gasteiger partial charge in [0.1, 0.15) is 5.65 Å². The number of pyridine rings is 1. The number of hydrogen-bond donors (Lipinski definition) is 1. The van der Waals surface area contributed by atoms with Crippen molar-refractivity contribution >= 4 is 29.3 Å². The largest absolute Gasteiger partial charge is 0.493 e. The summed E-state index contributed by atoms with van der Waals surface area (Å²) in [7, 11) is 4.56. The SMILES string of the molecule is C=Nc1cc(OC)c(OC)cc1C(=NC)Oc1cnc2[nH]c(C)cc2c1F. The second kappa shape index (κ2) is 7.45. The number of halogens is 1. The monoisotopic (exact) mass is 370 g/mol. The fraction of sp³-hybridized carbons (Fsp3) is 0.211. The Balaban J connectivity index is 2.06. The summed E-state index contributed by atoms with van der Waals surface area (Å²) in [5.41, 5.74) is 2.19. The number of rotatable bonds is 5. The van der Waals surface area contributed by atoms with Crippen LogP contribution in [0.3, 0.4) is 0 Å². The lowest BCUT2D eigenvalue weighted by atomic mass is 10.1. The van der Waals surface area contributed by atoms with Crippen LogP contribution in [0.4, 0.5) is 10.1 Å². The van der Waals surface area contributed by atoms with Gasteiger partial charge in [-0.1, -0.05) is 0 Å². The topological polar surface area (TPSA) is 81.1 Å². The molecule has 0 fully saturated rings. The first kappa shape index (κ1) is 18.4. The minimum absolute atomic E-state index is 0.0492. The van der Waals surface area contributed by atoms with Crippen LogP contribution in [-0.4, -0.2) is 43.9 Å². The smallest absolute Gasteiger partial charge is 0.224 e. The van der Waals surface area contributed by atoms with E-state index in [1.54, 1.807) is 18.2 Å². The number of fused-ring (bicyclic) bond motifs is 1. The molecule has 0 saturated heterocycles. The molecule has 0 unspecified atom stereocenters. The zero-order chi connectivity index (χ0) is 19.6. The van der Waals surface area contributed by atoms with Gasteiger partial charge in [0.15, 0.2) is 23.1 Å². The van der Waals surface area contributed by atoms with Crippen LogP contribution in [0.15, 0.2) is 34.4 Å². The number of hydrogen-bond acceptors (Lipinski definition) is 6. The lowest BCUT2D eigenvalue weighted by Crippen LogP contribution is -2.12. The Morgan fingerprint density at radius 1 is 1.15 bits per heavy atom. The number of H-pyrrole nitrogens is 1. The Labute approximate surface area is 155 Å². The van der Waals surface area contributed by atoms with E-state index in [1.165, 1.54) is 27.5 Å². The third-order valence-electron chi connectivity index (χ3n) is 4.01. The number of nitrogens with zero attached hydrogens (tertiary/aromatic N) is 3. The molecule has 0 aliphatic heterocycles. The van der Waals surface area contributed by atoms with E-state index >= 15 is 0 Å². The number of aromatic nitrogens is 2. The van der Waals surface area contributed by atoms with Gasteiger partial charge < -0.3 is 19.2 Å². The summed E-state index contributed by atoms with van der Waals surface area (Å²) >= 11 is 0. The summed E-state index contributed by atoms with van der Waals surface area (Å²) in [6.45, 7) is 5.39. The number of aromatic amines is 1. The highest BCUT2D eigenvalue weighted by molar-refractivity contribution is 6.01. The molecule has 0 bridgehead atoms. The molecule has 3 aromatic rings. The highest BCUT2D eigenvalue weighted by atomic mass is 19.1. The lowest BCUT2D eigenvalue weighted by molar-refractivity contribution is 0.355. The van der Waals surface area contributed by atoms with Gasteiger partial charge in [0.05, 0.1) is 37.1 Å². The highest BCUT2D eigenvalue weighted by Crippen LogP contribution is 2.36. The third kappa shape index (κ3) is 3.33. The number of methoxy groups -OCH3 is 2. The molecule has 0 atom stereocenters. The molecule has 2 heterocycles. The first-order valence-corrected chi connectivity index (χ1v) is 8.04.